The van der Waals surface area contributed by atoms with Crippen LogP contribution >= 0.6 is 11.6 Å². The Balaban J connectivity index is 2.01. The Morgan fingerprint density at radius 2 is 2.09 bits per heavy atom. The van der Waals surface area contributed by atoms with Crippen molar-refractivity contribution in [2.24, 2.45) is 5.92 Å². The van der Waals surface area contributed by atoms with Crippen LogP contribution in [0, 0.1) is 12.8 Å². The molecule has 1 aromatic carbocycles. The third-order valence-corrected chi connectivity index (χ3v) is 3.82. The van der Waals surface area contributed by atoms with Gasteiger partial charge in [0.25, 0.3) is 5.91 Å². The Labute approximate surface area is 140 Å². The summed E-state index contributed by atoms with van der Waals surface area (Å²) >= 11 is 5.90. The second-order valence-electron chi connectivity index (χ2n) is 6.06. The van der Waals surface area contributed by atoms with Gasteiger partial charge in [-0.05, 0) is 37.0 Å². The van der Waals surface area contributed by atoms with Gasteiger partial charge in [0.1, 0.15) is 12.6 Å². The number of carbonyl (C=O) groups excluding carboxylic acids is 3. The number of hydrogen-bond donors (Lipinski definition) is 2. The second kappa shape index (κ2) is 7.00. The Hall–Kier alpha value is -2.08. The molecule has 1 heterocycles. The molecule has 0 bridgehead atoms. The summed E-state index contributed by atoms with van der Waals surface area (Å²) in [7, 11) is 0. The molecule has 0 aromatic heterocycles. The van der Waals surface area contributed by atoms with Crippen LogP contribution in [0.2, 0.25) is 5.02 Å². The normalized spacial score (nSPS) is 17.6. The lowest BCUT2D eigenvalue weighted by molar-refractivity contribution is -0.131. The molecule has 0 radical (unpaired) electrons. The third-order valence-electron chi connectivity index (χ3n) is 3.59. The molecule has 1 aromatic rings. The number of nitrogens with one attached hydrogen (secondary N) is 2. The van der Waals surface area contributed by atoms with Crippen LogP contribution in [0.25, 0.3) is 0 Å². The lowest BCUT2D eigenvalue weighted by Gasteiger charge is -2.14. The summed E-state index contributed by atoms with van der Waals surface area (Å²) in [6.45, 7) is 5.46. The SMILES string of the molecule is Cc1ccc(Cl)cc1NC(=O)CN1C(=O)N[C@H](CC(C)C)C1=O. The number of carbonyl (C=O) groups is 3. The Morgan fingerprint density at radius 1 is 1.39 bits per heavy atom. The Bertz CT molecular complexity index is 645. The summed E-state index contributed by atoms with van der Waals surface area (Å²) in [4.78, 5) is 37.2. The summed E-state index contributed by atoms with van der Waals surface area (Å²) < 4.78 is 0. The maximum atomic E-state index is 12.2. The monoisotopic (exact) mass is 337 g/mol. The fourth-order valence-electron chi connectivity index (χ4n) is 2.42. The van der Waals surface area contributed by atoms with Gasteiger partial charge < -0.3 is 10.6 Å². The maximum Gasteiger partial charge on any atom is 0.325 e. The van der Waals surface area contributed by atoms with Crippen LogP contribution in [0.3, 0.4) is 0 Å². The first-order chi connectivity index (χ1) is 10.8. The van der Waals surface area contributed by atoms with E-state index in [1.807, 2.05) is 20.8 Å². The number of urea groups is 1. The molecular formula is C16H20ClN3O3. The van der Waals surface area contributed by atoms with E-state index >= 15 is 0 Å². The van der Waals surface area contributed by atoms with Crippen molar-refractivity contribution in [3.05, 3.63) is 28.8 Å². The summed E-state index contributed by atoms with van der Waals surface area (Å²) in [6, 6.07) is 4.05. The zero-order chi connectivity index (χ0) is 17.1. The van der Waals surface area contributed by atoms with Gasteiger partial charge in [0.05, 0.1) is 0 Å². The van der Waals surface area contributed by atoms with Gasteiger partial charge in [-0.15, -0.1) is 0 Å². The molecule has 1 aliphatic rings. The standard InChI is InChI=1S/C16H20ClN3O3/c1-9(2)6-13-15(22)20(16(23)19-13)8-14(21)18-12-7-11(17)5-4-10(12)3/h4-5,7,9,13H,6,8H2,1-3H3,(H,18,21)(H,19,23)/t13-/m1/s1. The highest BCUT2D eigenvalue weighted by molar-refractivity contribution is 6.31. The van der Waals surface area contributed by atoms with Gasteiger partial charge in [0.2, 0.25) is 5.91 Å². The fraction of sp³-hybridized carbons (Fsp3) is 0.438. The minimum absolute atomic E-state index is 0.270. The van der Waals surface area contributed by atoms with Crippen molar-refractivity contribution >= 4 is 35.1 Å². The zero-order valence-corrected chi connectivity index (χ0v) is 14.1. The van der Waals surface area contributed by atoms with Crippen LogP contribution < -0.4 is 10.6 Å². The molecule has 124 valence electrons. The predicted octanol–water partition coefficient (Wildman–Crippen LogP) is 2.55. The molecule has 1 atom stereocenters. The number of imide groups is 1. The predicted molar refractivity (Wildman–Crippen MR) is 88.3 cm³/mol. The summed E-state index contributed by atoms with van der Waals surface area (Å²) in [6.07, 6.45) is 0.552. The number of halogens is 1. The lowest BCUT2D eigenvalue weighted by atomic mass is 10.0. The first-order valence-corrected chi connectivity index (χ1v) is 7.83. The van der Waals surface area contributed by atoms with Crippen molar-refractivity contribution in [1.29, 1.82) is 0 Å². The molecule has 1 saturated heterocycles. The number of amides is 4. The number of anilines is 1. The van der Waals surface area contributed by atoms with Gasteiger partial charge in [-0.2, -0.15) is 0 Å². The van der Waals surface area contributed by atoms with Crippen LogP contribution in [0.5, 0.6) is 0 Å². The maximum absolute atomic E-state index is 12.2. The number of aryl methyl sites for hydroxylation is 1. The van der Waals surface area contributed by atoms with Crippen LogP contribution in [-0.4, -0.2) is 35.3 Å². The van der Waals surface area contributed by atoms with Crippen molar-refractivity contribution in [3.63, 3.8) is 0 Å². The Morgan fingerprint density at radius 3 is 2.74 bits per heavy atom. The highest BCUT2D eigenvalue weighted by Gasteiger charge is 2.38. The van der Waals surface area contributed by atoms with Gasteiger partial charge in [-0.1, -0.05) is 31.5 Å². The molecule has 23 heavy (non-hydrogen) atoms. The number of hydrogen-bond acceptors (Lipinski definition) is 3. The van der Waals surface area contributed by atoms with E-state index in [0.717, 1.165) is 10.5 Å². The van der Waals surface area contributed by atoms with Crippen LogP contribution in [-0.2, 0) is 9.59 Å². The van der Waals surface area contributed by atoms with Crippen molar-refractivity contribution in [2.75, 3.05) is 11.9 Å². The largest absolute Gasteiger partial charge is 0.326 e. The zero-order valence-electron chi connectivity index (χ0n) is 13.4. The molecule has 7 heteroatoms. The molecule has 0 spiro atoms. The van der Waals surface area contributed by atoms with Crippen LogP contribution in [0.4, 0.5) is 10.5 Å². The van der Waals surface area contributed by atoms with Crippen molar-refractivity contribution in [3.8, 4) is 0 Å². The van der Waals surface area contributed by atoms with E-state index < -0.39 is 18.0 Å². The molecule has 2 N–H and O–H groups in total. The molecule has 6 nitrogen and oxygen atoms in total. The molecule has 0 aliphatic carbocycles. The van der Waals surface area contributed by atoms with Crippen molar-refractivity contribution in [2.45, 2.75) is 33.2 Å². The first-order valence-electron chi connectivity index (χ1n) is 7.45. The summed E-state index contributed by atoms with van der Waals surface area (Å²) in [5.74, 6) is -0.530. The Kier molecular flexibility index (Phi) is 5.26. The second-order valence-corrected chi connectivity index (χ2v) is 6.50. The van der Waals surface area contributed by atoms with Crippen molar-refractivity contribution in [1.82, 2.24) is 10.2 Å². The number of nitrogens with zero attached hydrogens (tertiary/aromatic N) is 1. The van der Waals surface area contributed by atoms with E-state index in [1.165, 1.54) is 0 Å². The molecule has 1 fully saturated rings. The topological polar surface area (TPSA) is 78.5 Å². The number of benzene rings is 1. The highest BCUT2D eigenvalue weighted by atomic mass is 35.5. The highest BCUT2D eigenvalue weighted by Crippen LogP contribution is 2.20. The third kappa shape index (κ3) is 4.22. The van der Waals surface area contributed by atoms with E-state index in [2.05, 4.69) is 10.6 Å². The van der Waals surface area contributed by atoms with Crippen LogP contribution in [0.1, 0.15) is 25.8 Å². The van der Waals surface area contributed by atoms with Gasteiger partial charge in [-0.25, -0.2) is 4.79 Å². The van der Waals surface area contributed by atoms with E-state index in [4.69, 9.17) is 11.6 Å². The van der Waals surface area contributed by atoms with Gasteiger partial charge >= 0.3 is 6.03 Å². The molecule has 1 aliphatic heterocycles. The van der Waals surface area contributed by atoms with E-state index in [-0.39, 0.29) is 18.4 Å². The molecule has 4 amide bonds. The molecule has 0 saturated carbocycles. The van der Waals surface area contributed by atoms with Gasteiger partial charge in [0.15, 0.2) is 0 Å². The molecule has 0 unspecified atom stereocenters. The van der Waals surface area contributed by atoms with E-state index in [1.54, 1.807) is 18.2 Å². The van der Waals surface area contributed by atoms with Gasteiger partial charge in [-0.3, -0.25) is 14.5 Å². The molecular weight excluding hydrogens is 318 g/mol. The van der Waals surface area contributed by atoms with Crippen molar-refractivity contribution < 1.29 is 14.4 Å². The first kappa shape index (κ1) is 17.3. The van der Waals surface area contributed by atoms with E-state index in [9.17, 15) is 14.4 Å². The summed E-state index contributed by atoms with van der Waals surface area (Å²) in [5.41, 5.74) is 1.41. The quantitative estimate of drug-likeness (QED) is 0.810. The van der Waals surface area contributed by atoms with Crippen LogP contribution in [0.15, 0.2) is 18.2 Å². The fourth-order valence-corrected chi connectivity index (χ4v) is 2.59. The summed E-state index contributed by atoms with van der Waals surface area (Å²) in [5, 5.41) is 5.79. The average molecular weight is 338 g/mol. The minimum Gasteiger partial charge on any atom is -0.326 e. The average Bonchev–Trinajstić information content (AvgIpc) is 2.70. The molecule has 2 rings (SSSR count). The number of rotatable bonds is 5. The minimum atomic E-state index is -0.553. The van der Waals surface area contributed by atoms with E-state index in [0.29, 0.717) is 17.1 Å². The van der Waals surface area contributed by atoms with Gasteiger partial charge in [0, 0.05) is 10.7 Å². The smallest absolute Gasteiger partial charge is 0.325 e. The lowest BCUT2D eigenvalue weighted by Crippen LogP contribution is -2.38.